The van der Waals surface area contributed by atoms with Gasteiger partial charge >= 0.3 is 0 Å². The maximum Gasteiger partial charge on any atom is 0.0215 e. The van der Waals surface area contributed by atoms with E-state index in [1.165, 1.54) is 19.4 Å². The van der Waals surface area contributed by atoms with Gasteiger partial charge in [0.05, 0.1) is 0 Å². The van der Waals surface area contributed by atoms with Crippen LogP contribution in [0.5, 0.6) is 0 Å². The van der Waals surface area contributed by atoms with Gasteiger partial charge in [0.2, 0.25) is 0 Å². The van der Waals surface area contributed by atoms with E-state index in [0.29, 0.717) is 6.04 Å². The largest absolute Gasteiger partial charge is 0.252 e. The van der Waals surface area contributed by atoms with Crippen LogP contribution in [0, 0.1) is 0 Å². The van der Waals surface area contributed by atoms with Gasteiger partial charge in [-0.25, -0.2) is 5.01 Å². The van der Waals surface area contributed by atoms with Gasteiger partial charge < -0.3 is 0 Å². The first-order valence-corrected chi connectivity index (χ1v) is 4.23. The van der Waals surface area contributed by atoms with Crippen molar-refractivity contribution in [3.05, 3.63) is 0 Å². The van der Waals surface area contributed by atoms with Crippen molar-refractivity contribution in [2.24, 2.45) is 0 Å². The zero-order chi connectivity index (χ0) is 7.56. The lowest BCUT2D eigenvalue weighted by atomic mass is 10.3. The van der Waals surface area contributed by atoms with Crippen LogP contribution in [0.2, 0.25) is 0 Å². The van der Waals surface area contributed by atoms with Crippen LogP contribution in [0.3, 0.4) is 0 Å². The Morgan fingerprint density at radius 1 is 1.50 bits per heavy atom. The lowest BCUT2D eigenvalue weighted by molar-refractivity contribution is 0.161. The highest BCUT2D eigenvalue weighted by atomic mass is 15.5. The lowest BCUT2D eigenvalue weighted by Gasteiger charge is -2.24. The van der Waals surface area contributed by atoms with Gasteiger partial charge in [-0.05, 0) is 33.6 Å². The van der Waals surface area contributed by atoms with E-state index in [1.807, 2.05) is 0 Å². The Morgan fingerprint density at radius 2 is 2.20 bits per heavy atom. The smallest absolute Gasteiger partial charge is 0.0215 e. The molecule has 1 fully saturated rings. The van der Waals surface area contributed by atoms with Crippen molar-refractivity contribution in [3.8, 4) is 0 Å². The SMILES string of the molecule is CC(C)NN1CCCC1C. The number of hydrogen-bond acceptors (Lipinski definition) is 2. The van der Waals surface area contributed by atoms with Gasteiger partial charge in [-0.2, -0.15) is 0 Å². The fraction of sp³-hybridized carbons (Fsp3) is 1.00. The highest BCUT2D eigenvalue weighted by Crippen LogP contribution is 2.13. The molecular formula is C8H18N2. The van der Waals surface area contributed by atoms with Crippen molar-refractivity contribution in [1.29, 1.82) is 0 Å². The molecule has 0 amide bonds. The summed E-state index contributed by atoms with van der Waals surface area (Å²) in [6.07, 6.45) is 2.70. The second-order valence-corrected chi connectivity index (χ2v) is 3.47. The van der Waals surface area contributed by atoms with Crippen molar-refractivity contribution in [1.82, 2.24) is 10.4 Å². The number of hydrogen-bond donors (Lipinski definition) is 1. The molecule has 10 heavy (non-hydrogen) atoms. The number of nitrogens with one attached hydrogen (secondary N) is 1. The van der Waals surface area contributed by atoms with E-state index in [-0.39, 0.29) is 0 Å². The minimum Gasteiger partial charge on any atom is -0.252 e. The molecule has 1 saturated heterocycles. The average molecular weight is 142 g/mol. The topological polar surface area (TPSA) is 15.3 Å². The average Bonchev–Trinajstić information content (AvgIpc) is 2.15. The molecular weight excluding hydrogens is 124 g/mol. The Kier molecular flexibility index (Phi) is 2.69. The third-order valence-electron chi connectivity index (χ3n) is 1.98. The highest BCUT2D eigenvalue weighted by molar-refractivity contribution is 4.72. The minimum atomic E-state index is 0.584. The maximum absolute atomic E-state index is 3.42. The molecule has 1 aliphatic rings. The second-order valence-electron chi connectivity index (χ2n) is 3.47. The van der Waals surface area contributed by atoms with Crippen molar-refractivity contribution >= 4 is 0 Å². The molecule has 1 atom stereocenters. The summed E-state index contributed by atoms with van der Waals surface area (Å²) in [5.74, 6) is 0. The summed E-state index contributed by atoms with van der Waals surface area (Å²) >= 11 is 0. The molecule has 2 nitrogen and oxygen atoms in total. The van der Waals surface area contributed by atoms with Gasteiger partial charge in [-0.3, -0.25) is 5.43 Å². The number of rotatable bonds is 2. The van der Waals surface area contributed by atoms with Gasteiger partial charge in [0.1, 0.15) is 0 Å². The summed E-state index contributed by atoms with van der Waals surface area (Å²) in [7, 11) is 0. The third kappa shape index (κ3) is 1.96. The summed E-state index contributed by atoms with van der Waals surface area (Å²) in [6, 6.07) is 1.32. The third-order valence-corrected chi connectivity index (χ3v) is 1.98. The molecule has 0 bridgehead atoms. The van der Waals surface area contributed by atoms with Crippen molar-refractivity contribution < 1.29 is 0 Å². The molecule has 0 saturated carbocycles. The molecule has 1 aliphatic heterocycles. The van der Waals surface area contributed by atoms with E-state index in [2.05, 4.69) is 31.2 Å². The van der Waals surface area contributed by atoms with Gasteiger partial charge in [0.15, 0.2) is 0 Å². The Labute approximate surface area is 63.6 Å². The van der Waals surface area contributed by atoms with Crippen LogP contribution in [-0.4, -0.2) is 23.6 Å². The van der Waals surface area contributed by atoms with E-state index in [1.54, 1.807) is 0 Å². The second kappa shape index (κ2) is 3.35. The molecule has 0 aromatic carbocycles. The predicted octanol–water partition coefficient (Wildman–Crippen LogP) is 1.38. The summed E-state index contributed by atoms with van der Waals surface area (Å²) < 4.78 is 0. The summed E-state index contributed by atoms with van der Waals surface area (Å²) in [5, 5.41) is 2.35. The number of nitrogens with zero attached hydrogens (tertiary/aromatic N) is 1. The molecule has 0 radical (unpaired) electrons. The van der Waals surface area contributed by atoms with Crippen LogP contribution >= 0.6 is 0 Å². The first-order chi connectivity index (χ1) is 4.70. The Balaban J connectivity index is 2.26. The van der Waals surface area contributed by atoms with Gasteiger partial charge in [-0.15, -0.1) is 0 Å². The molecule has 0 aromatic heterocycles. The zero-order valence-electron chi connectivity index (χ0n) is 7.22. The first kappa shape index (κ1) is 8.02. The van der Waals surface area contributed by atoms with Gasteiger partial charge in [0.25, 0.3) is 0 Å². The van der Waals surface area contributed by atoms with E-state index < -0.39 is 0 Å². The molecule has 1 rings (SSSR count). The van der Waals surface area contributed by atoms with Crippen LogP contribution in [0.1, 0.15) is 33.6 Å². The molecule has 1 unspecified atom stereocenters. The number of hydrazine groups is 1. The Morgan fingerprint density at radius 3 is 2.60 bits per heavy atom. The van der Waals surface area contributed by atoms with E-state index in [4.69, 9.17) is 0 Å². The van der Waals surface area contributed by atoms with Crippen LogP contribution in [-0.2, 0) is 0 Å². The van der Waals surface area contributed by atoms with Crippen LogP contribution in [0.4, 0.5) is 0 Å². The predicted molar refractivity (Wildman–Crippen MR) is 43.7 cm³/mol. The van der Waals surface area contributed by atoms with Crippen molar-refractivity contribution in [2.45, 2.75) is 45.7 Å². The van der Waals surface area contributed by atoms with E-state index >= 15 is 0 Å². The highest BCUT2D eigenvalue weighted by Gasteiger charge is 2.19. The van der Waals surface area contributed by atoms with Gasteiger partial charge in [-0.1, -0.05) is 0 Å². The fourth-order valence-electron chi connectivity index (χ4n) is 1.46. The molecule has 2 heteroatoms. The van der Waals surface area contributed by atoms with E-state index in [9.17, 15) is 0 Å². The molecule has 0 aromatic rings. The summed E-state index contributed by atoms with van der Waals surface area (Å²) in [6.45, 7) is 7.87. The minimum absolute atomic E-state index is 0.584. The summed E-state index contributed by atoms with van der Waals surface area (Å²) in [4.78, 5) is 0. The normalized spacial score (nSPS) is 28.2. The molecule has 1 N–H and O–H groups in total. The molecule has 0 spiro atoms. The zero-order valence-corrected chi connectivity index (χ0v) is 7.22. The van der Waals surface area contributed by atoms with Crippen molar-refractivity contribution in [3.63, 3.8) is 0 Å². The molecule has 60 valence electrons. The van der Waals surface area contributed by atoms with Gasteiger partial charge in [0, 0.05) is 18.6 Å². The maximum atomic E-state index is 3.42. The fourth-order valence-corrected chi connectivity index (χ4v) is 1.46. The van der Waals surface area contributed by atoms with Crippen molar-refractivity contribution in [2.75, 3.05) is 6.54 Å². The van der Waals surface area contributed by atoms with E-state index in [0.717, 1.165) is 6.04 Å². The molecule has 0 aliphatic carbocycles. The Hall–Kier alpha value is -0.0800. The quantitative estimate of drug-likeness (QED) is 0.626. The monoisotopic (exact) mass is 142 g/mol. The lowest BCUT2D eigenvalue weighted by Crippen LogP contribution is -2.43. The van der Waals surface area contributed by atoms with Crippen LogP contribution in [0.25, 0.3) is 0 Å². The van der Waals surface area contributed by atoms with Crippen LogP contribution < -0.4 is 5.43 Å². The standard InChI is InChI=1S/C8H18N2/c1-7(2)9-10-6-4-5-8(10)3/h7-9H,4-6H2,1-3H3. The summed E-state index contributed by atoms with van der Waals surface area (Å²) in [5.41, 5.74) is 3.42. The molecule has 1 heterocycles. The van der Waals surface area contributed by atoms with Crippen LogP contribution in [0.15, 0.2) is 0 Å². The Bertz CT molecular complexity index is 101. The first-order valence-electron chi connectivity index (χ1n) is 4.23.